The van der Waals surface area contributed by atoms with Crippen LogP contribution in [0.25, 0.3) is 0 Å². The first kappa shape index (κ1) is 12.4. The Kier molecular flexibility index (Phi) is 4.42. The summed E-state index contributed by atoms with van der Waals surface area (Å²) in [7, 11) is 0. The Labute approximate surface area is 112 Å². The van der Waals surface area contributed by atoms with Gasteiger partial charge < -0.3 is 0 Å². The molecule has 0 aliphatic rings. The van der Waals surface area contributed by atoms with Crippen LogP contribution >= 0.6 is 34.9 Å². The quantitative estimate of drug-likeness (QED) is 0.799. The fraction of sp³-hybridized carbons (Fsp3) is 0.182. The molecular weight excluding hydrogens is 270 g/mol. The summed E-state index contributed by atoms with van der Waals surface area (Å²) in [5.74, 6) is 0.960. The van der Waals surface area contributed by atoms with Gasteiger partial charge in [0.15, 0.2) is 4.34 Å². The first-order valence-corrected chi connectivity index (χ1v) is 7.63. The van der Waals surface area contributed by atoms with E-state index in [1.165, 1.54) is 23.1 Å². The molecule has 1 aromatic heterocycles. The summed E-state index contributed by atoms with van der Waals surface area (Å²) in [6.45, 7) is 2.08. The van der Waals surface area contributed by atoms with Gasteiger partial charge in [-0.05, 0) is 17.9 Å². The van der Waals surface area contributed by atoms with E-state index >= 15 is 0 Å². The molecule has 17 heavy (non-hydrogen) atoms. The Bertz CT molecular complexity index is 531. The standard InChI is InChI=1S/C11H9N3S3/c1-2-15-9-4-3-5-10(8(9)6-12)17-11-14-13-7-16-11/h3-5,7H,2H2,1H3. The van der Waals surface area contributed by atoms with Gasteiger partial charge in [0.05, 0.1) is 5.56 Å². The van der Waals surface area contributed by atoms with Gasteiger partial charge in [-0.15, -0.1) is 22.0 Å². The molecule has 2 rings (SSSR count). The van der Waals surface area contributed by atoms with Crippen LogP contribution in [0.3, 0.4) is 0 Å². The number of hydrogen-bond acceptors (Lipinski definition) is 6. The molecule has 0 unspecified atom stereocenters. The first-order valence-electron chi connectivity index (χ1n) is 4.95. The predicted molar refractivity (Wildman–Crippen MR) is 71.6 cm³/mol. The highest BCUT2D eigenvalue weighted by atomic mass is 32.2. The summed E-state index contributed by atoms with van der Waals surface area (Å²) in [5, 5.41) is 17.0. The summed E-state index contributed by atoms with van der Waals surface area (Å²) in [5.41, 5.74) is 2.43. The highest BCUT2D eigenvalue weighted by Crippen LogP contribution is 2.35. The smallest absolute Gasteiger partial charge is 0.178 e. The van der Waals surface area contributed by atoms with Crippen molar-refractivity contribution in [2.75, 3.05) is 5.75 Å². The Morgan fingerprint density at radius 3 is 2.88 bits per heavy atom. The molecule has 0 fully saturated rings. The van der Waals surface area contributed by atoms with Gasteiger partial charge in [0.1, 0.15) is 11.6 Å². The Morgan fingerprint density at radius 1 is 1.41 bits per heavy atom. The maximum Gasteiger partial charge on any atom is 0.178 e. The second-order valence-corrected chi connectivity index (χ2v) is 6.41. The van der Waals surface area contributed by atoms with Gasteiger partial charge in [0.25, 0.3) is 0 Å². The lowest BCUT2D eigenvalue weighted by Crippen LogP contribution is -1.86. The van der Waals surface area contributed by atoms with Crippen molar-refractivity contribution in [1.29, 1.82) is 5.26 Å². The minimum absolute atomic E-state index is 0.736. The van der Waals surface area contributed by atoms with E-state index in [1.54, 1.807) is 17.3 Å². The van der Waals surface area contributed by atoms with Crippen molar-refractivity contribution in [2.24, 2.45) is 0 Å². The summed E-state index contributed by atoms with van der Waals surface area (Å²) in [6.07, 6.45) is 0. The third-order valence-corrected chi connectivity index (χ3v) is 4.71. The zero-order valence-corrected chi connectivity index (χ0v) is 11.5. The molecule has 0 amide bonds. The number of aromatic nitrogens is 2. The molecule has 0 atom stereocenters. The number of thioether (sulfide) groups is 1. The third kappa shape index (κ3) is 3.00. The molecule has 0 saturated heterocycles. The summed E-state index contributed by atoms with van der Waals surface area (Å²) >= 11 is 4.66. The molecule has 0 bridgehead atoms. The second kappa shape index (κ2) is 6.05. The van der Waals surface area contributed by atoms with Crippen molar-refractivity contribution in [3.8, 4) is 6.07 Å². The highest BCUT2D eigenvalue weighted by Gasteiger charge is 2.10. The third-order valence-electron chi connectivity index (χ3n) is 1.94. The molecule has 1 aromatic carbocycles. The molecule has 0 saturated carbocycles. The molecule has 0 spiro atoms. The van der Waals surface area contributed by atoms with E-state index in [-0.39, 0.29) is 0 Å². The van der Waals surface area contributed by atoms with Gasteiger partial charge in [-0.3, -0.25) is 0 Å². The van der Waals surface area contributed by atoms with Crippen molar-refractivity contribution in [2.45, 2.75) is 21.1 Å². The zero-order chi connectivity index (χ0) is 12.1. The number of rotatable bonds is 4. The molecule has 0 N–H and O–H groups in total. The van der Waals surface area contributed by atoms with Gasteiger partial charge in [0, 0.05) is 9.79 Å². The van der Waals surface area contributed by atoms with E-state index in [1.807, 2.05) is 18.2 Å². The van der Waals surface area contributed by atoms with Crippen LogP contribution in [0.5, 0.6) is 0 Å². The van der Waals surface area contributed by atoms with Crippen LogP contribution < -0.4 is 0 Å². The maximum absolute atomic E-state index is 9.25. The summed E-state index contributed by atoms with van der Waals surface area (Å²) in [4.78, 5) is 1.98. The van der Waals surface area contributed by atoms with E-state index in [9.17, 15) is 5.26 Å². The minimum Gasteiger partial charge on any atom is -0.192 e. The second-order valence-electron chi connectivity index (χ2n) is 2.98. The SMILES string of the molecule is CCSc1cccc(Sc2nncs2)c1C#N. The van der Waals surface area contributed by atoms with Crippen LogP contribution in [0.4, 0.5) is 0 Å². The van der Waals surface area contributed by atoms with E-state index in [2.05, 4.69) is 23.2 Å². The van der Waals surface area contributed by atoms with Crippen molar-refractivity contribution < 1.29 is 0 Å². The van der Waals surface area contributed by atoms with Crippen LogP contribution in [0.1, 0.15) is 12.5 Å². The van der Waals surface area contributed by atoms with Crippen LogP contribution in [-0.2, 0) is 0 Å². The fourth-order valence-corrected chi connectivity index (χ4v) is 3.68. The molecule has 3 nitrogen and oxygen atoms in total. The van der Waals surface area contributed by atoms with Crippen molar-refractivity contribution in [3.63, 3.8) is 0 Å². The molecular formula is C11H9N3S3. The van der Waals surface area contributed by atoms with Gasteiger partial charge in [-0.25, -0.2) is 0 Å². The van der Waals surface area contributed by atoms with E-state index in [4.69, 9.17) is 0 Å². The van der Waals surface area contributed by atoms with Gasteiger partial charge in [0.2, 0.25) is 0 Å². The number of nitriles is 1. The number of benzene rings is 1. The van der Waals surface area contributed by atoms with Gasteiger partial charge in [-0.2, -0.15) is 5.26 Å². The monoisotopic (exact) mass is 279 g/mol. The van der Waals surface area contributed by atoms with Crippen LogP contribution in [0, 0.1) is 11.3 Å². The molecule has 0 aliphatic heterocycles. The summed E-state index contributed by atoms with van der Waals surface area (Å²) in [6, 6.07) is 8.18. The van der Waals surface area contributed by atoms with Crippen molar-refractivity contribution in [3.05, 3.63) is 29.3 Å². The number of hydrogen-bond donors (Lipinski definition) is 0. The fourth-order valence-electron chi connectivity index (χ4n) is 1.28. The van der Waals surface area contributed by atoms with E-state index in [0.717, 1.165) is 25.4 Å². The van der Waals surface area contributed by atoms with Gasteiger partial charge >= 0.3 is 0 Å². The molecule has 86 valence electrons. The lowest BCUT2D eigenvalue weighted by atomic mass is 10.2. The Morgan fingerprint density at radius 2 is 2.24 bits per heavy atom. The lowest BCUT2D eigenvalue weighted by molar-refractivity contribution is 1.01. The Balaban J connectivity index is 2.34. The van der Waals surface area contributed by atoms with Gasteiger partial charge in [-0.1, -0.05) is 36.1 Å². The highest BCUT2D eigenvalue weighted by molar-refractivity contribution is 8.01. The lowest BCUT2D eigenvalue weighted by Gasteiger charge is -2.05. The maximum atomic E-state index is 9.25. The molecule has 6 heteroatoms. The van der Waals surface area contributed by atoms with E-state index in [0.29, 0.717) is 0 Å². The van der Waals surface area contributed by atoms with Crippen molar-refractivity contribution in [1.82, 2.24) is 10.2 Å². The zero-order valence-electron chi connectivity index (χ0n) is 9.08. The molecule has 1 heterocycles. The topological polar surface area (TPSA) is 49.6 Å². The van der Waals surface area contributed by atoms with Crippen LogP contribution in [0.2, 0.25) is 0 Å². The summed E-state index contributed by atoms with van der Waals surface area (Å²) < 4.78 is 0.861. The normalized spacial score (nSPS) is 10.1. The largest absolute Gasteiger partial charge is 0.192 e. The minimum atomic E-state index is 0.736. The van der Waals surface area contributed by atoms with Crippen LogP contribution in [0.15, 0.2) is 37.8 Å². The average molecular weight is 279 g/mol. The van der Waals surface area contributed by atoms with Crippen LogP contribution in [-0.4, -0.2) is 16.0 Å². The Hall–Kier alpha value is -1.03. The van der Waals surface area contributed by atoms with E-state index < -0.39 is 0 Å². The predicted octanol–water partition coefficient (Wildman–Crippen LogP) is 3.67. The molecule has 2 aromatic rings. The molecule has 0 radical (unpaired) electrons. The van der Waals surface area contributed by atoms with Crippen molar-refractivity contribution >= 4 is 34.9 Å². The average Bonchev–Trinajstić information content (AvgIpc) is 2.83. The number of nitrogens with zero attached hydrogens (tertiary/aromatic N) is 3. The molecule has 0 aliphatic carbocycles. The first-order chi connectivity index (χ1) is 8.35.